The molecular weight excluding hydrogens is 210 g/mol. The van der Waals surface area contributed by atoms with Gasteiger partial charge in [-0.05, 0) is 43.2 Å². The van der Waals surface area contributed by atoms with Gasteiger partial charge in [0, 0.05) is 18.0 Å². The van der Waals surface area contributed by atoms with Crippen molar-refractivity contribution >= 4 is 0 Å². The molecule has 1 heterocycles. The van der Waals surface area contributed by atoms with E-state index in [9.17, 15) is 5.11 Å². The van der Waals surface area contributed by atoms with Crippen LogP contribution in [0.25, 0.3) is 0 Å². The van der Waals surface area contributed by atoms with E-state index in [1.807, 2.05) is 12.3 Å². The summed E-state index contributed by atoms with van der Waals surface area (Å²) in [4.78, 5) is 4.13. The van der Waals surface area contributed by atoms with Crippen molar-refractivity contribution in [1.29, 1.82) is 0 Å². The Labute approximate surface area is 104 Å². The first kappa shape index (κ1) is 12.6. The molecule has 0 spiro atoms. The molecule has 17 heavy (non-hydrogen) atoms. The normalized spacial score (nSPS) is 26.8. The molecule has 0 radical (unpaired) electrons. The highest BCUT2D eigenvalue weighted by Gasteiger charge is 2.27. The fourth-order valence-corrected chi connectivity index (χ4v) is 2.95. The summed E-state index contributed by atoms with van der Waals surface area (Å²) in [7, 11) is 0. The first-order valence-corrected chi connectivity index (χ1v) is 6.81. The summed E-state index contributed by atoms with van der Waals surface area (Å²) >= 11 is 0. The summed E-state index contributed by atoms with van der Waals surface area (Å²) in [5.41, 5.74) is 2.18. The number of hydrogen-bond donors (Lipinski definition) is 1. The molecule has 0 amide bonds. The van der Waals surface area contributed by atoms with Crippen molar-refractivity contribution in [2.24, 2.45) is 11.8 Å². The lowest BCUT2D eigenvalue weighted by Crippen LogP contribution is -2.20. The zero-order valence-electron chi connectivity index (χ0n) is 10.9. The number of aryl methyl sites for hydroxylation is 1. The lowest BCUT2D eigenvalue weighted by Gasteiger charge is -2.31. The molecule has 1 atom stereocenters. The number of nitrogens with zero attached hydrogens (tertiary/aromatic N) is 1. The maximum Gasteiger partial charge on any atom is 0.0835 e. The number of aromatic nitrogens is 1. The molecule has 0 saturated heterocycles. The Morgan fingerprint density at radius 2 is 2.06 bits per heavy atom. The van der Waals surface area contributed by atoms with Gasteiger partial charge in [-0.1, -0.05) is 26.2 Å². The van der Waals surface area contributed by atoms with Gasteiger partial charge in [-0.3, -0.25) is 4.98 Å². The summed E-state index contributed by atoms with van der Waals surface area (Å²) < 4.78 is 0. The van der Waals surface area contributed by atoms with Crippen molar-refractivity contribution in [2.45, 2.75) is 52.1 Å². The van der Waals surface area contributed by atoms with E-state index in [-0.39, 0.29) is 6.10 Å². The number of aliphatic hydroxyl groups is 1. The highest BCUT2D eigenvalue weighted by Crippen LogP contribution is 2.38. The molecule has 2 rings (SSSR count). The molecule has 0 aromatic carbocycles. The van der Waals surface area contributed by atoms with Crippen LogP contribution < -0.4 is 0 Å². The van der Waals surface area contributed by atoms with Gasteiger partial charge in [-0.15, -0.1) is 0 Å². The molecule has 1 unspecified atom stereocenters. The standard InChI is InChI=1S/C15H23NO/c1-3-12-4-6-13(7-5-12)15(17)14-10-16-9-8-11(14)2/h8-10,12-13,15,17H,3-7H2,1-2H3. The third-order valence-electron chi connectivity index (χ3n) is 4.31. The lowest BCUT2D eigenvalue weighted by molar-refractivity contribution is 0.0722. The molecule has 1 N–H and O–H groups in total. The van der Waals surface area contributed by atoms with E-state index >= 15 is 0 Å². The fourth-order valence-electron chi connectivity index (χ4n) is 2.95. The molecule has 1 saturated carbocycles. The Hall–Kier alpha value is -0.890. The SMILES string of the molecule is CCC1CCC(C(O)c2cnccc2C)CC1. The van der Waals surface area contributed by atoms with Crippen molar-refractivity contribution in [2.75, 3.05) is 0 Å². The van der Waals surface area contributed by atoms with Crippen molar-refractivity contribution in [3.63, 3.8) is 0 Å². The number of rotatable bonds is 3. The van der Waals surface area contributed by atoms with E-state index < -0.39 is 0 Å². The van der Waals surface area contributed by atoms with Gasteiger partial charge in [0.1, 0.15) is 0 Å². The monoisotopic (exact) mass is 233 g/mol. The number of pyridine rings is 1. The minimum Gasteiger partial charge on any atom is -0.388 e. The predicted octanol–water partition coefficient (Wildman–Crippen LogP) is 3.64. The van der Waals surface area contributed by atoms with Crippen molar-refractivity contribution in [1.82, 2.24) is 4.98 Å². The Morgan fingerprint density at radius 3 is 2.65 bits per heavy atom. The van der Waals surface area contributed by atoms with Gasteiger partial charge in [0.15, 0.2) is 0 Å². The molecule has 1 aliphatic carbocycles. The van der Waals surface area contributed by atoms with Gasteiger partial charge >= 0.3 is 0 Å². The average molecular weight is 233 g/mol. The molecule has 2 nitrogen and oxygen atoms in total. The summed E-state index contributed by atoms with van der Waals surface area (Å²) in [6.07, 6.45) is 9.46. The highest BCUT2D eigenvalue weighted by molar-refractivity contribution is 5.24. The molecule has 0 bridgehead atoms. The van der Waals surface area contributed by atoms with E-state index in [0.717, 1.165) is 29.9 Å². The van der Waals surface area contributed by atoms with Crippen molar-refractivity contribution in [3.05, 3.63) is 29.6 Å². The third-order valence-corrected chi connectivity index (χ3v) is 4.31. The smallest absolute Gasteiger partial charge is 0.0835 e. The largest absolute Gasteiger partial charge is 0.388 e. The van der Waals surface area contributed by atoms with Gasteiger partial charge in [0.2, 0.25) is 0 Å². The van der Waals surface area contributed by atoms with Gasteiger partial charge < -0.3 is 5.11 Å². The number of hydrogen-bond acceptors (Lipinski definition) is 2. The molecule has 1 fully saturated rings. The van der Waals surface area contributed by atoms with Crippen LogP contribution in [0.4, 0.5) is 0 Å². The second-order valence-electron chi connectivity index (χ2n) is 5.37. The van der Waals surface area contributed by atoms with Gasteiger partial charge in [0.25, 0.3) is 0 Å². The summed E-state index contributed by atoms with van der Waals surface area (Å²) in [5.74, 6) is 1.31. The maximum atomic E-state index is 10.4. The van der Waals surface area contributed by atoms with Crippen LogP contribution in [0.5, 0.6) is 0 Å². The van der Waals surface area contributed by atoms with E-state index in [0.29, 0.717) is 5.92 Å². The molecule has 1 aliphatic rings. The third kappa shape index (κ3) is 2.86. The average Bonchev–Trinajstić information content (AvgIpc) is 2.39. The Bertz CT molecular complexity index is 356. The lowest BCUT2D eigenvalue weighted by atomic mass is 9.77. The van der Waals surface area contributed by atoms with Gasteiger partial charge in [-0.2, -0.15) is 0 Å². The summed E-state index contributed by atoms with van der Waals surface area (Å²) in [6, 6.07) is 1.98. The van der Waals surface area contributed by atoms with E-state index in [2.05, 4.69) is 18.8 Å². The van der Waals surface area contributed by atoms with E-state index in [1.54, 1.807) is 6.20 Å². The Kier molecular flexibility index (Phi) is 4.16. The van der Waals surface area contributed by atoms with E-state index in [1.165, 1.54) is 19.3 Å². The van der Waals surface area contributed by atoms with Crippen molar-refractivity contribution < 1.29 is 5.11 Å². The zero-order valence-corrected chi connectivity index (χ0v) is 10.9. The minimum absolute atomic E-state index is 0.318. The van der Waals surface area contributed by atoms with Crippen LogP contribution in [0.1, 0.15) is 56.3 Å². The Morgan fingerprint density at radius 1 is 1.35 bits per heavy atom. The van der Waals surface area contributed by atoms with Crippen LogP contribution >= 0.6 is 0 Å². The van der Waals surface area contributed by atoms with Crippen LogP contribution in [-0.4, -0.2) is 10.1 Å². The van der Waals surface area contributed by atoms with Crippen LogP contribution in [0.15, 0.2) is 18.5 Å². The van der Waals surface area contributed by atoms with Crippen molar-refractivity contribution in [3.8, 4) is 0 Å². The topological polar surface area (TPSA) is 33.1 Å². The van der Waals surface area contributed by atoms with Crippen LogP contribution in [0.3, 0.4) is 0 Å². The Balaban J connectivity index is 2.02. The van der Waals surface area contributed by atoms with Gasteiger partial charge in [0.05, 0.1) is 6.10 Å². The molecule has 1 aromatic heterocycles. The quantitative estimate of drug-likeness (QED) is 0.864. The second-order valence-corrected chi connectivity index (χ2v) is 5.37. The van der Waals surface area contributed by atoms with Crippen LogP contribution in [0.2, 0.25) is 0 Å². The number of aliphatic hydroxyl groups excluding tert-OH is 1. The highest BCUT2D eigenvalue weighted by atomic mass is 16.3. The summed E-state index contributed by atoms with van der Waals surface area (Å²) in [6.45, 7) is 4.32. The maximum absolute atomic E-state index is 10.4. The first-order valence-electron chi connectivity index (χ1n) is 6.81. The summed E-state index contributed by atoms with van der Waals surface area (Å²) in [5, 5.41) is 10.4. The first-order chi connectivity index (χ1) is 8.22. The van der Waals surface area contributed by atoms with Crippen LogP contribution in [0, 0.1) is 18.8 Å². The molecule has 0 aliphatic heterocycles. The molecule has 94 valence electrons. The molecule has 1 aromatic rings. The second kappa shape index (κ2) is 5.63. The zero-order chi connectivity index (χ0) is 12.3. The molecular formula is C15H23NO. The molecule has 2 heteroatoms. The minimum atomic E-state index is -0.318. The van der Waals surface area contributed by atoms with Crippen LogP contribution in [-0.2, 0) is 0 Å². The van der Waals surface area contributed by atoms with Gasteiger partial charge in [-0.25, -0.2) is 0 Å². The predicted molar refractivity (Wildman–Crippen MR) is 69.7 cm³/mol. The fraction of sp³-hybridized carbons (Fsp3) is 0.667. The van der Waals surface area contributed by atoms with E-state index in [4.69, 9.17) is 0 Å².